The van der Waals surface area contributed by atoms with Crippen LogP contribution < -0.4 is 10.1 Å². The fraction of sp³-hybridized carbons (Fsp3) is 0.429. The summed E-state index contributed by atoms with van der Waals surface area (Å²) in [6.07, 6.45) is 2.36. The first-order valence-corrected chi connectivity index (χ1v) is 10.1. The maximum atomic E-state index is 5.90. The highest BCUT2D eigenvalue weighted by molar-refractivity contribution is 7.99. The summed E-state index contributed by atoms with van der Waals surface area (Å²) in [5.74, 6) is 5.04. The molecule has 24 heavy (non-hydrogen) atoms. The van der Waals surface area contributed by atoms with Gasteiger partial charge in [-0.1, -0.05) is 50.6 Å². The fourth-order valence-corrected chi connectivity index (χ4v) is 4.58. The minimum atomic E-state index is 0.437. The molecule has 2 nitrogen and oxygen atoms in total. The maximum absolute atomic E-state index is 5.90. The molecule has 0 spiro atoms. The summed E-state index contributed by atoms with van der Waals surface area (Å²) in [7, 11) is 0. The Morgan fingerprint density at radius 3 is 2.38 bits per heavy atom. The molecular weight excluding hydrogens is 314 g/mol. The van der Waals surface area contributed by atoms with Gasteiger partial charge in [0.15, 0.2) is 0 Å². The Morgan fingerprint density at radius 2 is 1.75 bits per heavy atom. The Balaban J connectivity index is 1.67. The van der Waals surface area contributed by atoms with Gasteiger partial charge in [0.1, 0.15) is 11.5 Å². The van der Waals surface area contributed by atoms with Crippen molar-refractivity contribution in [2.75, 3.05) is 11.5 Å². The zero-order valence-electron chi connectivity index (χ0n) is 14.6. The molecule has 128 valence electrons. The number of ether oxygens (including phenoxy) is 1. The van der Waals surface area contributed by atoms with Crippen molar-refractivity contribution in [3.8, 4) is 11.5 Å². The molecule has 1 N–H and O–H groups in total. The summed E-state index contributed by atoms with van der Waals surface area (Å²) in [5, 5.41) is 3.89. The van der Waals surface area contributed by atoms with Crippen LogP contribution in [0.15, 0.2) is 54.6 Å². The van der Waals surface area contributed by atoms with Crippen LogP contribution in [0.25, 0.3) is 0 Å². The van der Waals surface area contributed by atoms with Gasteiger partial charge in [0.05, 0.1) is 0 Å². The average molecular weight is 342 g/mol. The van der Waals surface area contributed by atoms with Crippen LogP contribution in [0.5, 0.6) is 11.5 Å². The lowest BCUT2D eigenvalue weighted by Crippen LogP contribution is -2.37. The third-order valence-electron chi connectivity index (χ3n) is 4.62. The predicted octanol–water partition coefficient (Wildman–Crippen LogP) is 5.66. The van der Waals surface area contributed by atoms with Crippen molar-refractivity contribution in [3.63, 3.8) is 0 Å². The largest absolute Gasteiger partial charge is 0.457 e. The second kappa shape index (κ2) is 8.59. The minimum Gasteiger partial charge on any atom is -0.457 e. The number of hydrogen-bond donors (Lipinski definition) is 1. The van der Waals surface area contributed by atoms with E-state index in [0.29, 0.717) is 12.1 Å². The first kappa shape index (κ1) is 17.4. The molecule has 0 aromatic heterocycles. The van der Waals surface area contributed by atoms with Crippen LogP contribution in [0.3, 0.4) is 0 Å². The van der Waals surface area contributed by atoms with Gasteiger partial charge in [0.2, 0.25) is 0 Å². The normalized spacial score (nSPS) is 21.6. The Kier molecular flexibility index (Phi) is 6.22. The third kappa shape index (κ3) is 4.55. The van der Waals surface area contributed by atoms with Crippen LogP contribution in [-0.4, -0.2) is 17.5 Å². The summed E-state index contributed by atoms with van der Waals surface area (Å²) in [6.45, 7) is 4.62. The molecule has 3 unspecified atom stereocenters. The molecule has 1 aliphatic heterocycles. The van der Waals surface area contributed by atoms with Gasteiger partial charge in [-0.05, 0) is 47.9 Å². The second-order valence-corrected chi connectivity index (χ2v) is 7.69. The van der Waals surface area contributed by atoms with E-state index in [0.717, 1.165) is 17.4 Å². The Labute approximate surface area is 150 Å². The van der Waals surface area contributed by atoms with Gasteiger partial charge in [-0.25, -0.2) is 0 Å². The van der Waals surface area contributed by atoms with Crippen molar-refractivity contribution >= 4 is 11.8 Å². The number of rotatable bonds is 7. The van der Waals surface area contributed by atoms with Crippen LogP contribution in [0, 0.1) is 5.92 Å². The van der Waals surface area contributed by atoms with Crippen LogP contribution >= 0.6 is 11.8 Å². The quantitative estimate of drug-likeness (QED) is 0.702. The van der Waals surface area contributed by atoms with E-state index in [9.17, 15) is 0 Å². The van der Waals surface area contributed by atoms with Gasteiger partial charge in [-0.15, -0.1) is 0 Å². The first-order chi connectivity index (χ1) is 11.8. The van der Waals surface area contributed by atoms with Gasteiger partial charge < -0.3 is 10.1 Å². The van der Waals surface area contributed by atoms with E-state index < -0.39 is 0 Å². The predicted molar refractivity (Wildman–Crippen MR) is 104 cm³/mol. The van der Waals surface area contributed by atoms with Gasteiger partial charge in [0.25, 0.3) is 0 Å². The zero-order valence-corrected chi connectivity index (χ0v) is 15.4. The molecular formula is C21H27NOS. The molecule has 0 bridgehead atoms. The molecule has 0 radical (unpaired) electrons. The van der Waals surface area contributed by atoms with Gasteiger partial charge in [-0.2, -0.15) is 11.8 Å². The molecule has 0 saturated carbocycles. The highest BCUT2D eigenvalue weighted by atomic mass is 32.2. The van der Waals surface area contributed by atoms with Gasteiger partial charge >= 0.3 is 0 Å². The molecule has 0 amide bonds. The first-order valence-electron chi connectivity index (χ1n) is 8.93. The molecule has 1 fully saturated rings. The lowest BCUT2D eigenvalue weighted by molar-refractivity contribution is 0.380. The Hall–Kier alpha value is -1.45. The number of para-hydroxylation sites is 1. The second-order valence-electron chi connectivity index (χ2n) is 6.61. The van der Waals surface area contributed by atoms with E-state index in [4.69, 9.17) is 4.74 Å². The molecule has 1 saturated heterocycles. The smallest absolute Gasteiger partial charge is 0.127 e. The number of nitrogens with one attached hydrogen (secondary N) is 1. The molecule has 1 aliphatic rings. The SMILES string of the molecule is CCCC(NC1CSCC1C)c1ccc(Oc2ccccc2)cc1. The highest BCUT2D eigenvalue weighted by Crippen LogP contribution is 2.29. The summed E-state index contributed by atoms with van der Waals surface area (Å²) in [5.41, 5.74) is 1.36. The molecule has 2 aromatic rings. The number of hydrogen-bond acceptors (Lipinski definition) is 3. The monoisotopic (exact) mass is 341 g/mol. The molecule has 0 aliphatic carbocycles. The molecule has 2 aromatic carbocycles. The van der Waals surface area contributed by atoms with Crippen molar-refractivity contribution in [2.24, 2.45) is 5.92 Å². The van der Waals surface area contributed by atoms with Crippen LogP contribution in [0.4, 0.5) is 0 Å². The standard InChI is InChI=1S/C21H27NOS/c1-3-7-20(22-21-15-24-14-16(21)2)17-10-12-19(13-11-17)23-18-8-5-4-6-9-18/h4-6,8-13,16,20-22H,3,7,14-15H2,1-2H3. The van der Waals surface area contributed by atoms with E-state index in [-0.39, 0.29) is 0 Å². The van der Waals surface area contributed by atoms with E-state index in [1.165, 1.54) is 29.9 Å². The number of thioether (sulfide) groups is 1. The maximum Gasteiger partial charge on any atom is 0.127 e. The van der Waals surface area contributed by atoms with Crippen molar-refractivity contribution in [2.45, 2.75) is 38.8 Å². The number of benzene rings is 2. The van der Waals surface area contributed by atoms with Gasteiger partial charge in [0, 0.05) is 17.8 Å². The highest BCUT2D eigenvalue weighted by Gasteiger charge is 2.26. The average Bonchev–Trinajstić information content (AvgIpc) is 3.01. The van der Waals surface area contributed by atoms with Crippen LogP contribution in [0.1, 0.15) is 38.3 Å². The van der Waals surface area contributed by atoms with Crippen LogP contribution in [-0.2, 0) is 0 Å². The van der Waals surface area contributed by atoms with E-state index in [1.54, 1.807) is 0 Å². The zero-order chi connectivity index (χ0) is 16.8. The van der Waals surface area contributed by atoms with E-state index >= 15 is 0 Å². The molecule has 3 rings (SSSR count). The lowest BCUT2D eigenvalue weighted by atomic mass is 9.98. The minimum absolute atomic E-state index is 0.437. The van der Waals surface area contributed by atoms with Crippen LogP contribution in [0.2, 0.25) is 0 Å². The lowest BCUT2D eigenvalue weighted by Gasteiger charge is -2.25. The topological polar surface area (TPSA) is 21.3 Å². The summed E-state index contributed by atoms with van der Waals surface area (Å²) in [6, 6.07) is 19.6. The van der Waals surface area contributed by atoms with Crippen molar-refractivity contribution < 1.29 is 4.74 Å². The summed E-state index contributed by atoms with van der Waals surface area (Å²) >= 11 is 2.07. The molecule has 3 atom stereocenters. The molecule has 1 heterocycles. The fourth-order valence-electron chi connectivity index (χ4n) is 3.16. The van der Waals surface area contributed by atoms with E-state index in [1.807, 2.05) is 30.3 Å². The molecule has 3 heteroatoms. The summed E-state index contributed by atoms with van der Waals surface area (Å²) < 4.78 is 5.90. The van der Waals surface area contributed by atoms with E-state index in [2.05, 4.69) is 55.2 Å². The Bertz CT molecular complexity index is 613. The summed E-state index contributed by atoms with van der Waals surface area (Å²) in [4.78, 5) is 0. The van der Waals surface area contributed by atoms with Gasteiger partial charge in [-0.3, -0.25) is 0 Å². The van der Waals surface area contributed by atoms with Crippen molar-refractivity contribution in [1.29, 1.82) is 0 Å². The Morgan fingerprint density at radius 1 is 1.04 bits per heavy atom. The van der Waals surface area contributed by atoms with Crippen molar-refractivity contribution in [3.05, 3.63) is 60.2 Å². The third-order valence-corrected chi connectivity index (χ3v) is 5.98. The van der Waals surface area contributed by atoms with Crippen molar-refractivity contribution in [1.82, 2.24) is 5.32 Å².